The fraction of sp³-hybridized carbons (Fsp3) is 0.667. The van der Waals surface area contributed by atoms with E-state index in [0.717, 1.165) is 35.7 Å². The predicted molar refractivity (Wildman–Crippen MR) is 92.8 cm³/mol. The molecule has 0 unspecified atom stereocenters. The molecule has 0 heterocycles. The first kappa shape index (κ1) is 15.2. The molecule has 4 heteroatoms. The largest absolute Gasteiger partial charge is 0.507 e. The van der Waals surface area contributed by atoms with Gasteiger partial charge < -0.3 is 15.3 Å². The Hall–Kier alpha value is -0.330. The fourth-order valence-electron chi connectivity index (χ4n) is 5.57. The fourth-order valence-corrected chi connectivity index (χ4v) is 6.06. The average molecular weight is 414 g/mol. The van der Waals surface area contributed by atoms with Crippen molar-refractivity contribution in [1.82, 2.24) is 0 Å². The number of aryl methyl sites for hydroxylation is 1. The first-order valence-electron chi connectivity index (χ1n) is 8.29. The van der Waals surface area contributed by atoms with Crippen LogP contribution >= 0.6 is 22.6 Å². The summed E-state index contributed by atoms with van der Waals surface area (Å²) < 4.78 is 0.928. The van der Waals surface area contributed by atoms with Crippen molar-refractivity contribution in [1.29, 1.82) is 0 Å². The van der Waals surface area contributed by atoms with Gasteiger partial charge in [-0.15, -0.1) is 0 Å². The Morgan fingerprint density at radius 2 is 2.00 bits per heavy atom. The van der Waals surface area contributed by atoms with Gasteiger partial charge in [-0.2, -0.15) is 0 Å². The molecule has 4 rings (SSSR count). The molecule has 2 fully saturated rings. The minimum atomic E-state index is -0.570. The zero-order valence-corrected chi connectivity index (χ0v) is 15.0. The summed E-state index contributed by atoms with van der Waals surface area (Å²) in [5, 5.41) is 30.6. The van der Waals surface area contributed by atoms with Crippen LogP contribution in [-0.4, -0.2) is 27.5 Å². The second-order valence-electron chi connectivity index (χ2n) is 7.71. The van der Waals surface area contributed by atoms with Gasteiger partial charge in [0.25, 0.3) is 0 Å². The Bertz CT molecular complexity index is 617. The number of phenolic OH excluding ortho intramolecular Hbond substituents is 1. The summed E-state index contributed by atoms with van der Waals surface area (Å²) in [4.78, 5) is 0. The maximum absolute atomic E-state index is 10.4. The van der Waals surface area contributed by atoms with Crippen molar-refractivity contribution in [3.63, 3.8) is 0 Å². The number of aromatic hydroxyl groups is 1. The molecular formula is C18H23IO3. The van der Waals surface area contributed by atoms with E-state index >= 15 is 0 Å². The van der Waals surface area contributed by atoms with Crippen molar-refractivity contribution in [2.75, 3.05) is 0 Å². The van der Waals surface area contributed by atoms with E-state index in [2.05, 4.69) is 35.6 Å². The summed E-state index contributed by atoms with van der Waals surface area (Å²) in [6, 6.07) is 4.10. The third-order valence-electron chi connectivity index (χ3n) is 6.77. The standard InChI is InChI=1S/C18H23IO3/c1-18-5-4-10-11(13(18)8-16(21)17(18)22)3-2-9-6-15(20)14(19)7-12(9)10/h6-7,10-11,13,16-17,20-22H,2-5,8H2,1H3/t10-,11+,13-,16+,17-,18-/m0/s1. The Balaban J connectivity index is 1.73. The zero-order chi connectivity index (χ0) is 15.6. The third-order valence-corrected chi connectivity index (χ3v) is 7.63. The number of rotatable bonds is 0. The molecule has 2 saturated carbocycles. The predicted octanol–water partition coefficient (Wildman–Crippen LogP) is 3.18. The first-order chi connectivity index (χ1) is 10.4. The van der Waals surface area contributed by atoms with Gasteiger partial charge in [-0.1, -0.05) is 6.92 Å². The summed E-state index contributed by atoms with van der Waals surface area (Å²) in [5.41, 5.74) is 2.57. The number of hydrogen-bond acceptors (Lipinski definition) is 3. The van der Waals surface area contributed by atoms with E-state index in [1.165, 1.54) is 11.1 Å². The molecule has 0 radical (unpaired) electrons. The summed E-state index contributed by atoms with van der Waals surface area (Å²) >= 11 is 2.20. The van der Waals surface area contributed by atoms with Gasteiger partial charge in [0.1, 0.15) is 5.75 Å². The molecule has 0 aromatic heterocycles. The minimum Gasteiger partial charge on any atom is -0.507 e. The molecule has 3 aliphatic rings. The van der Waals surface area contributed by atoms with Gasteiger partial charge >= 0.3 is 0 Å². The van der Waals surface area contributed by atoms with E-state index in [-0.39, 0.29) is 5.41 Å². The number of halogens is 1. The van der Waals surface area contributed by atoms with Gasteiger partial charge in [0, 0.05) is 0 Å². The Morgan fingerprint density at radius 3 is 2.77 bits per heavy atom. The Labute approximate surface area is 144 Å². The molecule has 120 valence electrons. The van der Waals surface area contributed by atoms with Crippen molar-refractivity contribution < 1.29 is 15.3 Å². The summed E-state index contributed by atoms with van der Waals surface area (Å²) in [7, 11) is 0. The first-order valence-corrected chi connectivity index (χ1v) is 9.37. The van der Waals surface area contributed by atoms with E-state index in [4.69, 9.17) is 0 Å². The molecular weight excluding hydrogens is 391 g/mol. The van der Waals surface area contributed by atoms with Gasteiger partial charge in [0.15, 0.2) is 0 Å². The van der Waals surface area contributed by atoms with Crippen LogP contribution in [0.25, 0.3) is 0 Å². The molecule has 0 spiro atoms. The Kier molecular flexibility index (Phi) is 3.51. The van der Waals surface area contributed by atoms with Crippen LogP contribution in [-0.2, 0) is 6.42 Å². The van der Waals surface area contributed by atoms with Crippen LogP contribution in [0.15, 0.2) is 12.1 Å². The zero-order valence-electron chi connectivity index (χ0n) is 12.8. The monoisotopic (exact) mass is 414 g/mol. The Morgan fingerprint density at radius 1 is 1.23 bits per heavy atom. The summed E-state index contributed by atoms with van der Waals surface area (Å²) in [6.45, 7) is 2.17. The number of aliphatic hydroxyl groups excluding tert-OH is 2. The van der Waals surface area contributed by atoms with E-state index in [1.54, 1.807) is 0 Å². The average Bonchev–Trinajstić information content (AvgIpc) is 2.72. The van der Waals surface area contributed by atoms with E-state index in [0.29, 0.717) is 23.5 Å². The van der Waals surface area contributed by atoms with Crippen LogP contribution in [0, 0.1) is 20.8 Å². The summed E-state index contributed by atoms with van der Waals surface area (Å²) in [5.74, 6) is 1.88. The second-order valence-corrected chi connectivity index (χ2v) is 8.87. The number of aliphatic hydroxyl groups is 2. The smallest absolute Gasteiger partial charge is 0.129 e. The van der Waals surface area contributed by atoms with Crippen LogP contribution in [0.3, 0.4) is 0 Å². The lowest BCUT2D eigenvalue weighted by molar-refractivity contribution is -0.0505. The molecule has 22 heavy (non-hydrogen) atoms. The molecule has 0 saturated heterocycles. The molecule has 0 aliphatic heterocycles. The normalized spacial score (nSPS) is 43.4. The van der Waals surface area contributed by atoms with Crippen molar-refractivity contribution in [2.24, 2.45) is 17.3 Å². The number of fused-ring (bicyclic) bond motifs is 5. The van der Waals surface area contributed by atoms with Gasteiger partial charge in [-0.05, 0) is 101 Å². The van der Waals surface area contributed by atoms with Gasteiger partial charge in [-0.25, -0.2) is 0 Å². The van der Waals surface area contributed by atoms with Gasteiger partial charge in [0.2, 0.25) is 0 Å². The third kappa shape index (κ3) is 1.99. The lowest BCUT2D eigenvalue weighted by atomic mass is 9.55. The van der Waals surface area contributed by atoms with Gasteiger partial charge in [0.05, 0.1) is 15.8 Å². The molecule has 6 atom stereocenters. The van der Waals surface area contributed by atoms with Crippen molar-refractivity contribution in [3.8, 4) is 5.75 Å². The van der Waals surface area contributed by atoms with Gasteiger partial charge in [-0.3, -0.25) is 0 Å². The number of phenols is 1. The van der Waals surface area contributed by atoms with Crippen molar-refractivity contribution in [3.05, 3.63) is 26.8 Å². The highest BCUT2D eigenvalue weighted by atomic mass is 127. The second kappa shape index (κ2) is 5.08. The number of hydrogen-bond donors (Lipinski definition) is 3. The maximum atomic E-state index is 10.4. The molecule has 1 aromatic carbocycles. The highest BCUT2D eigenvalue weighted by Crippen LogP contribution is 2.61. The van der Waals surface area contributed by atoms with Crippen LogP contribution in [0.2, 0.25) is 0 Å². The minimum absolute atomic E-state index is 0.123. The van der Waals surface area contributed by atoms with Crippen molar-refractivity contribution >= 4 is 22.6 Å². The lowest BCUT2D eigenvalue weighted by Crippen LogP contribution is -2.44. The lowest BCUT2D eigenvalue weighted by Gasteiger charge is -2.49. The molecule has 0 bridgehead atoms. The highest BCUT2D eigenvalue weighted by Gasteiger charge is 2.57. The quantitative estimate of drug-likeness (QED) is 0.572. The van der Waals surface area contributed by atoms with Crippen LogP contribution in [0.4, 0.5) is 0 Å². The van der Waals surface area contributed by atoms with E-state index in [9.17, 15) is 15.3 Å². The molecule has 0 amide bonds. The molecule has 3 N–H and O–H groups in total. The SMILES string of the molecule is C[C@]12CC[C@@H]3c4cc(I)c(O)cc4CC[C@H]3[C@@H]1C[C@@H](O)[C@@H]2O. The van der Waals surface area contributed by atoms with E-state index in [1.807, 2.05) is 6.07 Å². The molecule has 3 aliphatic carbocycles. The van der Waals surface area contributed by atoms with E-state index < -0.39 is 12.2 Å². The summed E-state index contributed by atoms with van der Waals surface area (Å²) in [6.07, 6.45) is 3.78. The number of benzene rings is 1. The van der Waals surface area contributed by atoms with Crippen LogP contribution in [0.5, 0.6) is 5.75 Å². The van der Waals surface area contributed by atoms with Crippen LogP contribution in [0.1, 0.15) is 49.7 Å². The highest BCUT2D eigenvalue weighted by molar-refractivity contribution is 14.1. The molecule has 3 nitrogen and oxygen atoms in total. The molecule has 1 aromatic rings. The van der Waals surface area contributed by atoms with Crippen LogP contribution < -0.4 is 0 Å². The topological polar surface area (TPSA) is 60.7 Å². The van der Waals surface area contributed by atoms with Crippen molar-refractivity contribution in [2.45, 2.75) is 57.2 Å². The maximum Gasteiger partial charge on any atom is 0.129 e.